The van der Waals surface area contributed by atoms with Gasteiger partial charge in [-0.2, -0.15) is 0 Å². The Morgan fingerprint density at radius 1 is 1.05 bits per heavy atom. The summed E-state index contributed by atoms with van der Waals surface area (Å²) in [4.78, 5) is 22.5. The van der Waals surface area contributed by atoms with Crippen LogP contribution < -0.4 is 4.74 Å². The monoisotopic (exact) mass is 299 g/mol. The third kappa shape index (κ3) is 3.61. The highest BCUT2D eigenvalue weighted by molar-refractivity contribution is 5.97. The Hall–Kier alpha value is -2.43. The Bertz CT molecular complexity index is 619. The average molecular weight is 299 g/mol. The second-order valence-electron chi connectivity index (χ2n) is 5.57. The van der Waals surface area contributed by atoms with Crippen LogP contribution in [0.15, 0.2) is 43.0 Å². The Labute approximate surface area is 131 Å². The van der Waals surface area contributed by atoms with E-state index in [0.717, 1.165) is 0 Å². The van der Waals surface area contributed by atoms with E-state index in [9.17, 15) is 4.79 Å². The molecule has 22 heavy (non-hydrogen) atoms. The molecule has 1 amide bonds. The average Bonchev–Trinajstić information content (AvgIpc) is 2.48. The van der Waals surface area contributed by atoms with E-state index in [-0.39, 0.29) is 18.0 Å². The van der Waals surface area contributed by atoms with E-state index in [2.05, 4.69) is 9.97 Å². The van der Waals surface area contributed by atoms with Crippen molar-refractivity contribution in [2.45, 2.75) is 39.8 Å². The summed E-state index contributed by atoms with van der Waals surface area (Å²) in [7, 11) is 0. The van der Waals surface area contributed by atoms with Gasteiger partial charge < -0.3 is 9.64 Å². The molecule has 0 aliphatic carbocycles. The fourth-order valence-electron chi connectivity index (χ4n) is 2.40. The molecule has 5 nitrogen and oxygen atoms in total. The minimum atomic E-state index is -0.0440. The topological polar surface area (TPSA) is 55.3 Å². The number of nitrogens with zero attached hydrogens (tertiary/aromatic N) is 3. The van der Waals surface area contributed by atoms with E-state index in [0.29, 0.717) is 17.1 Å². The number of carbonyl (C=O) groups is 1. The minimum absolute atomic E-state index is 0.0440. The van der Waals surface area contributed by atoms with Gasteiger partial charge in [0, 0.05) is 12.1 Å². The molecule has 0 aliphatic heterocycles. The van der Waals surface area contributed by atoms with Gasteiger partial charge in [-0.3, -0.25) is 4.79 Å². The van der Waals surface area contributed by atoms with Crippen LogP contribution in [0.4, 0.5) is 0 Å². The quantitative estimate of drug-likeness (QED) is 0.847. The first-order valence-electron chi connectivity index (χ1n) is 7.35. The van der Waals surface area contributed by atoms with Crippen molar-refractivity contribution in [2.24, 2.45) is 0 Å². The standard InChI is InChI=1S/C17H21N3O2/c1-12(2)20(13(3)4)17(21)15-7-5-6-8-16(15)22-14-9-18-11-19-10-14/h5-13H,1-4H3. The summed E-state index contributed by atoms with van der Waals surface area (Å²) in [5, 5.41) is 0. The van der Waals surface area contributed by atoms with Crippen molar-refractivity contribution in [2.75, 3.05) is 0 Å². The van der Waals surface area contributed by atoms with Crippen LogP contribution in [-0.4, -0.2) is 32.9 Å². The van der Waals surface area contributed by atoms with Crippen molar-refractivity contribution < 1.29 is 9.53 Å². The Morgan fingerprint density at radius 3 is 2.23 bits per heavy atom. The molecule has 0 N–H and O–H groups in total. The summed E-state index contributed by atoms with van der Waals surface area (Å²) < 4.78 is 5.77. The third-order valence-corrected chi connectivity index (χ3v) is 3.23. The van der Waals surface area contributed by atoms with Crippen LogP contribution in [0.2, 0.25) is 0 Å². The van der Waals surface area contributed by atoms with Crippen molar-refractivity contribution in [3.05, 3.63) is 48.5 Å². The summed E-state index contributed by atoms with van der Waals surface area (Å²) in [5.41, 5.74) is 0.536. The summed E-state index contributed by atoms with van der Waals surface area (Å²) in [6.45, 7) is 8.03. The lowest BCUT2D eigenvalue weighted by atomic mass is 10.1. The highest BCUT2D eigenvalue weighted by atomic mass is 16.5. The molecule has 0 bridgehead atoms. The molecule has 2 aromatic rings. The predicted octanol–water partition coefficient (Wildman–Crippen LogP) is 3.53. The van der Waals surface area contributed by atoms with E-state index in [1.165, 1.54) is 6.33 Å². The molecule has 0 unspecified atom stereocenters. The van der Waals surface area contributed by atoms with Crippen molar-refractivity contribution in [3.63, 3.8) is 0 Å². The van der Waals surface area contributed by atoms with Crippen LogP contribution in [0.25, 0.3) is 0 Å². The van der Waals surface area contributed by atoms with Gasteiger partial charge in [0.25, 0.3) is 5.91 Å². The maximum absolute atomic E-state index is 12.9. The molecule has 1 heterocycles. The van der Waals surface area contributed by atoms with E-state index in [1.807, 2.05) is 44.7 Å². The molecule has 5 heteroatoms. The number of rotatable bonds is 5. The molecule has 0 atom stereocenters. The Kier molecular flexibility index (Phi) is 5.09. The molecule has 1 aromatic carbocycles. The van der Waals surface area contributed by atoms with Gasteiger partial charge in [-0.25, -0.2) is 9.97 Å². The minimum Gasteiger partial charge on any atom is -0.453 e. The lowest BCUT2D eigenvalue weighted by Crippen LogP contribution is -2.42. The first-order valence-corrected chi connectivity index (χ1v) is 7.35. The van der Waals surface area contributed by atoms with E-state index < -0.39 is 0 Å². The molecular weight excluding hydrogens is 278 g/mol. The molecule has 116 valence electrons. The first-order chi connectivity index (χ1) is 10.5. The molecule has 0 radical (unpaired) electrons. The summed E-state index contributed by atoms with van der Waals surface area (Å²) in [5.74, 6) is 0.967. The molecule has 1 aromatic heterocycles. The lowest BCUT2D eigenvalue weighted by molar-refractivity contribution is 0.0641. The van der Waals surface area contributed by atoms with Gasteiger partial charge in [0.15, 0.2) is 5.75 Å². The Morgan fingerprint density at radius 2 is 1.64 bits per heavy atom. The van der Waals surface area contributed by atoms with Crippen LogP contribution in [0.1, 0.15) is 38.1 Å². The SMILES string of the molecule is CC(C)N(C(=O)c1ccccc1Oc1cncnc1)C(C)C. The normalized spacial score (nSPS) is 10.8. The van der Waals surface area contributed by atoms with Crippen LogP contribution in [0.3, 0.4) is 0 Å². The van der Waals surface area contributed by atoms with Gasteiger partial charge in [0.1, 0.15) is 12.1 Å². The lowest BCUT2D eigenvalue weighted by Gasteiger charge is -2.31. The molecule has 0 spiro atoms. The molecule has 0 saturated heterocycles. The molecular formula is C17H21N3O2. The zero-order valence-corrected chi connectivity index (χ0v) is 13.4. The fraction of sp³-hybridized carbons (Fsp3) is 0.353. The number of hydrogen-bond donors (Lipinski definition) is 0. The van der Waals surface area contributed by atoms with Gasteiger partial charge >= 0.3 is 0 Å². The summed E-state index contributed by atoms with van der Waals surface area (Å²) in [6, 6.07) is 7.45. The number of amides is 1. The largest absolute Gasteiger partial charge is 0.453 e. The van der Waals surface area contributed by atoms with Gasteiger partial charge in [0.05, 0.1) is 18.0 Å². The van der Waals surface area contributed by atoms with Crippen molar-refractivity contribution in [3.8, 4) is 11.5 Å². The number of ether oxygens (including phenoxy) is 1. The predicted molar refractivity (Wildman–Crippen MR) is 85.0 cm³/mol. The van der Waals surface area contributed by atoms with Crippen LogP contribution in [0, 0.1) is 0 Å². The highest BCUT2D eigenvalue weighted by Crippen LogP contribution is 2.26. The van der Waals surface area contributed by atoms with E-state index in [1.54, 1.807) is 24.5 Å². The smallest absolute Gasteiger partial charge is 0.258 e. The molecule has 0 saturated carbocycles. The van der Waals surface area contributed by atoms with Gasteiger partial charge in [-0.15, -0.1) is 0 Å². The van der Waals surface area contributed by atoms with Crippen LogP contribution in [-0.2, 0) is 0 Å². The maximum atomic E-state index is 12.9. The van der Waals surface area contributed by atoms with E-state index in [4.69, 9.17) is 4.74 Å². The molecule has 2 rings (SSSR count). The van der Waals surface area contributed by atoms with Crippen LogP contribution in [0.5, 0.6) is 11.5 Å². The number of para-hydroxylation sites is 1. The first kappa shape index (κ1) is 15.9. The number of hydrogen-bond acceptors (Lipinski definition) is 4. The van der Waals surface area contributed by atoms with Crippen LogP contribution >= 0.6 is 0 Å². The molecule has 0 aliphatic rings. The maximum Gasteiger partial charge on any atom is 0.258 e. The zero-order chi connectivity index (χ0) is 16.1. The number of aromatic nitrogens is 2. The molecule has 0 fully saturated rings. The van der Waals surface area contributed by atoms with Gasteiger partial charge in [-0.1, -0.05) is 12.1 Å². The fourth-order valence-corrected chi connectivity index (χ4v) is 2.40. The summed E-state index contributed by atoms with van der Waals surface area (Å²) in [6.07, 6.45) is 4.57. The van der Waals surface area contributed by atoms with Gasteiger partial charge in [-0.05, 0) is 39.8 Å². The second kappa shape index (κ2) is 7.02. The number of carbonyl (C=O) groups excluding carboxylic acids is 1. The van der Waals surface area contributed by atoms with Crippen molar-refractivity contribution >= 4 is 5.91 Å². The van der Waals surface area contributed by atoms with Gasteiger partial charge in [0.2, 0.25) is 0 Å². The van der Waals surface area contributed by atoms with E-state index >= 15 is 0 Å². The summed E-state index contributed by atoms with van der Waals surface area (Å²) >= 11 is 0. The highest BCUT2D eigenvalue weighted by Gasteiger charge is 2.24. The zero-order valence-electron chi connectivity index (χ0n) is 13.4. The van der Waals surface area contributed by atoms with Crippen molar-refractivity contribution in [1.29, 1.82) is 0 Å². The number of benzene rings is 1. The second-order valence-corrected chi connectivity index (χ2v) is 5.57. The third-order valence-electron chi connectivity index (χ3n) is 3.23. The Balaban J connectivity index is 2.33. The van der Waals surface area contributed by atoms with Crippen molar-refractivity contribution in [1.82, 2.24) is 14.9 Å².